The average molecular weight is 295 g/mol. The number of thioether (sulfide) groups is 1. The standard InChI is InChI=1S/C16H22FNOS/c1-12(13-3-2-4-14(17)9-13)18-15-5-7-19-16(10-15)6-8-20-11-16/h2-4,9,12,15,18H,5-8,10-11H2,1H3. The second-order valence-corrected chi connectivity index (χ2v) is 7.07. The van der Waals surface area contributed by atoms with Crippen molar-refractivity contribution in [3.63, 3.8) is 0 Å². The normalized spacial score (nSPS) is 31.6. The lowest BCUT2D eigenvalue weighted by Gasteiger charge is -2.39. The minimum atomic E-state index is -0.160. The summed E-state index contributed by atoms with van der Waals surface area (Å²) in [6.45, 7) is 2.95. The summed E-state index contributed by atoms with van der Waals surface area (Å²) < 4.78 is 19.3. The van der Waals surface area contributed by atoms with Gasteiger partial charge in [-0.2, -0.15) is 11.8 Å². The molecule has 2 nitrogen and oxygen atoms in total. The van der Waals surface area contributed by atoms with E-state index in [-0.39, 0.29) is 17.5 Å². The highest BCUT2D eigenvalue weighted by Gasteiger charge is 2.40. The summed E-state index contributed by atoms with van der Waals surface area (Å²) in [4.78, 5) is 0. The van der Waals surface area contributed by atoms with E-state index < -0.39 is 0 Å². The Labute approximate surface area is 124 Å². The van der Waals surface area contributed by atoms with E-state index in [0.717, 1.165) is 30.8 Å². The lowest BCUT2D eigenvalue weighted by molar-refractivity contribution is -0.0711. The molecule has 0 bridgehead atoms. The lowest BCUT2D eigenvalue weighted by Crippen LogP contribution is -2.47. The molecular weight excluding hydrogens is 273 g/mol. The molecule has 1 spiro atoms. The van der Waals surface area contributed by atoms with Crippen molar-refractivity contribution >= 4 is 11.8 Å². The topological polar surface area (TPSA) is 21.3 Å². The second kappa shape index (κ2) is 6.04. The molecule has 4 heteroatoms. The molecule has 20 heavy (non-hydrogen) atoms. The van der Waals surface area contributed by atoms with Crippen molar-refractivity contribution in [3.8, 4) is 0 Å². The predicted octanol–water partition coefficient (Wildman–Crippen LogP) is 3.53. The minimum Gasteiger partial charge on any atom is -0.374 e. The SMILES string of the molecule is CC(NC1CCOC2(CCSC2)C1)c1cccc(F)c1. The number of benzene rings is 1. The Balaban J connectivity index is 1.62. The molecule has 1 aromatic rings. The van der Waals surface area contributed by atoms with Gasteiger partial charge in [0.05, 0.1) is 5.60 Å². The number of rotatable bonds is 3. The molecule has 2 saturated heterocycles. The molecule has 0 amide bonds. The lowest BCUT2D eigenvalue weighted by atomic mass is 9.89. The highest BCUT2D eigenvalue weighted by Crippen LogP contribution is 2.38. The molecule has 1 N–H and O–H groups in total. The molecule has 2 fully saturated rings. The molecule has 2 aliphatic heterocycles. The molecule has 3 unspecified atom stereocenters. The fourth-order valence-corrected chi connectivity index (χ4v) is 4.64. The van der Waals surface area contributed by atoms with Crippen LogP contribution in [0.3, 0.4) is 0 Å². The first-order valence-corrected chi connectivity index (χ1v) is 8.56. The number of halogens is 1. The van der Waals surface area contributed by atoms with Crippen LogP contribution in [0, 0.1) is 5.82 Å². The van der Waals surface area contributed by atoms with E-state index in [1.165, 1.54) is 18.2 Å². The highest BCUT2D eigenvalue weighted by molar-refractivity contribution is 7.99. The van der Waals surface area contributed by atoms with Crippen molar-refractivity contribution in [2.24, 2.45) is 0 Å². The Bertz CT molecular complexity index is 462. The van der Waals surface area contributed by atoms with Crippen molar-refractivity contribution in [3.05, 3.63) is 35.6 Å². The van der Waals surface area contributed by atoms with Crippen LogP contribution in [0.15, 0.2) is 24.3 Å². The van der Waals surface area contributed by atoms with Crippen LogP contribution < -0.4 is 5.32 Å². The number of ether oxygens (including phenoxy) is 1. The molecule has 3 atom stereocenters. The monoisotopic (exact) mass is 295 g/mol. The summed E-state index contributed by atoms with van der Waals surface area (Å²) in [7, 11) is 0. The minimum absolute atomic E-state index is 0.0994. The average Bonchev–Trinajstić information content (AvgIpc) is 2.87. The van der Waals surface area contributed by atoms with Crippen molar-refractivity contribution in [1.29, 1.82) is 0 Å². The van der Waals surface area contributed by atoms with E-state index in [1.807, 2.05) is 17.8 Å². The first-order chi connectivity index (χ1) is 9.67. The fourth-order valence-electron chi connectivity index (χ4n) is 3.26. The van der Waals surface area contributed by atoms with Crippen LogP contribution in [0.1, 0.15) is 37.8 Å². The van der Waals surface area contributed by atoms with Gasteiger partial charge < -0.3 is 10.1 Å². The van der Waals surface area contributed by atoms with Gasteiger partial charge in [0.2, 0.25) is 0 Å². The van der Waals surface area contributed by atoms with Gasteiger partial charge in [0, 0.05) is 24.4 Å². The molecule has 1 aromatic carbocycles. The van der Waals surface area contributed by atoms with Crippen LogP contribution in [-0.4, -0.2) is 29.8 Å². The number of hydrogen-bond acceptors (Lipinski definition) is 3. The molecule has 110 valence electrons. The molecule has 2 aliphatic rings. The summed E-state index contributed by atoms with van der Waals surface area (Å²) in [5.41, 5.74) is 1.12. The van der Waals surface area contributed by atoms with Crippen molar-refractivity contribution in [2.45, 2.75) is 43.9 Å². The van der Waals surface area contributed by atoms with Crippen LogP contribution in [0.2, 0.25) is 0 Å². The first kappa shape index (κ1) is 14.4. The van der Waals surface area contributed by atoms with Crippen molar-refractivity contribution < 1.29 is 9.13 Å². The van der Waals surface area contributed by atoms with E-state index in [0.29, 0.717) is 6.04 Å². The van der Waals surface area contributed by atoms with Gasteiger partial charge in [-0.3, -0.25) is 0 Å². The molecular formula is C16H22FNOS. The van der Waals surface area contributed by atoms with Gasteiger partial charge in [0.25, 0.3) is 0 Å². The molecule has 0 aromatic heterocycles. The first-order valence-electron chi connectivity index (χ1n) is 7.40. The summed E-state index contributed by atoms with van der Waals surface area (Å²) in [6, 6.07) is 7.54. The Morgan fingerprint density at radius 3 is 3.15 bits per heavy atom. The Morgan fingerprint density at radius 1 is 1.50 bits per heavy atom. The van der Waals surface area contributed by atoms with E-state index in [2.05, 4.69) is 12.2 Å². The quantitative estimate of drug-likeness (QED) is 0.922. The largest absolute Gasteiger partial charge is 0.374 e. The highest BCUT2D eigenvalue weighted by atomic mass is 32.2. The zero-order valence-corrected chi connectivity index (χ0v) is 12.7. The van der Waals surface area contributed by atoms with Crippen LogP contribution in [0.4, 0.5) is 4.39 Å². The molecule has 0 saturated carbocycles. The predicted molar refractivity (Wildman–Crippen MR) is 81.6 cm³/mol. The van der Waals surface area contributed by atoms with Crippen LogP contribution in [0.5, 0.6) is 0 Å². The van der Waals surface area contributed by atoms with E-state index in [1.54, 1.807) is 12.1 Å². The second-order valence-electron chi connectivity index (χ2n) is 5.97. The molecule has 2 heterocycles. The van der Waals surface area contributed by atoms with E-state index in [4.69, 9.17) is 4.74 Å². The fraction of sp³-hybridized carbons (Fsp3) is 0.625. The van der Waals surface area contributed by atoms with Crippen LogP contribution in [-0.2, 0) is 4.74 Å². The number of nitrogens with one attached hydrogen (secondary N) is 1. The molecule has 0 aliphatic carbocycles. The van der Waals surface area contributed by atoms with E-state index >= 15 is 0 Å². The third-order valence-electron chi connectivity index (χ3n) is 4.39. The van der Waals surface area contributed by atoms with E-state index in [9.17, 15) is 4.39 Å². The van der Waals surface area contributed by atoms with Crippen molar-refractivity contribution in [2.75, 3.05) is 18.1 Å². The molecule has 3 rings (SSSR count). The molecule has 0 radical (unpaired) electrons. The summed E-state index contributed by atoms with van der Waals surface area (Å²) in [6.07, 6.45) is 3.30. The van der Waals surface area contributed by atoms with Crippen LogP contribution in [0.25, 0.3) is 0 Å². The summed E-state index contributed by atoms with van der Waals surface area (Å²) in [5.74, 6) is 2.18. The van der Waals surface area contributed by atoms with Gasteiger partial charge in [-0.25, -0.2) is 4.39 Å². The van der Waals surface area contributed by atoms with Crippen molar-refractivity contribution in [1.82, 2.24) is 5.32 Å². The van der Waals surface area contributed by atoms with Gasteiger partial charge in [-0.05, 0) is 49.6 Å². The smallest absolute Gasteiger partial charge is 0.123 e. The van der Waals surface area contributed by atoms with Gasteiger partial charge in [0.1, 0.15) is 5.82 Å². The maximum Gasteiger partial charge on any atom is 0.123 e. The third-order valence-corrected chi connectivity index (χ3v) is 5.62. The summed E-state index contributed by atoms with van der Waals surface area (Å²) >= 11 is 2.00. The van der Waals surface area contributed by atoms with Gasteiger partial charge >= 0.3 is 0 Å². The maximum atomic E-state index is 13.3. The Hall–Kier alpha value is -0.580. The summed E-state index contributed by atoms with van der Waals surface area (Å²) in [5, 5.41) is 3.66. The Kier molecular flexibility index (Phi) is 4.34. The Morgan fingerprint density at radius 2 is 2.40 bits per heavy atom. The number of hydrogen-bond donors (Lipinski definition) is 1. The third kappa shape index (κ3) is 3.18. The van der Waals surface area contributed by atoms with Crippen LogP contribution >= 0.6 is 11.8 Å². The zero-order chi connectivity index (χ0) is 14.0. The van der Waals surface area contributed by atoms with Gasteiger partial charge in [-0.1, -0.05) is 12.1 Å². The van der Waals surface area contributed by atoms with Gasteiger partial charge in [0.15, 0.2) is 0 Å². The zero-order valence-electron chi connectivity index (χ0n) is 11.9. The van der Waals surface area contributed by atoms with Gasteiger partial charge in [-0.15, -0.1) is 0 Å². The maximum absolute atomic E-state index is 13.3.